The van der Waals surface area contributed by atoms with E-state index in [0.717, 1.165) is 13.2 Å². The molecule has 0 amide bonds. The highest BCUT2D eigenvalue weighted by molar-refractivity contribution is 4.90. The van der Waals surface area contributed by atoms with Gasteiger partial charge in [-0.25, -0.2) is 0 Å². The molecule has 90 valence electrons. The largest absolute Gasteiger partial charge is 0.375 e. The minimum absolute atomic E-state index is 0.259. The molecule has 0 saturated heterocycles. The lowest BCUT2D eigenvalue weighted by atomic mass is 9.77. The molecular formula is C13H27NO. The first kappa shape index (κ1) is 13.0. The molecule has 0 aromatic carbocycles. The predicted octanol–water partition coefficient (Wildman–Crippen LogP) is 3.12. The molecule has 0 unspecified atom stereocenters. The first-order valence-electron chi connectivity index (χ1n) is 6.61. The van der Waals surface area contributed by atoms with Gasteiger partial charge in [-0.05, 0) is 45.7 Å². The molecule has 0 bridgehead atoms. The highest BCUT2D eigenvalue weighted by atomic mass is 16.5. The van der Waals surface area contributed by atoms with Crippen LogP contribution in [-0.4, -0.2) is 25.8 Å². The van der Waals surface area contributed by atoms with Crippen LogP contribution in [0.1, 0.15) is 58.3 Å². The Balaban J connectivity index is 2.05. The van der Waals surface area contributed by atoms with Gasteiger partial charge in [0.25, 0.3) is 0 Å². The van der Waals surface area contributed by atoms with E-state index in [1.54, 1.807) is 0 Å². The Labute approximate surface area is 94.8 Å². The van der Waals surface area contributed by atoms with Crippen LogP contribution < -0.4 is 5.32 Å². The van der Waals surface area contributed by atoms with E-state index in [2.05, 4.69) is 12.2 Å². The Morgan fingerprint density at radius 3 is 2.53 bits per heavy atom. The van der Waals surface area contributed by atoms with Crippen molar-refractivity contribution in [3.05, 3.63) is 0 Å². The van der Waals surface area contributed by atoms with E-state index in [0.29, 0.717) is 0 Å². The fraction of sp³-hybridized carbons (Fsp3) is 1.00. The van der Waals surface area contributed by atoms with Crippen LogP contribution in [0.15, 0.2) is 0 Å². The third-order valence-electron chi connectivity index (χ3n) is 3.50. The second-order valence-corrected chi connectivity index (χ2v) is 4.80. The first-order chi connectivity index (χ1) is 7.33. The number of hydrogen-bond donors (Lipinski definition) is 1. The van der Waals surface area contributed by atoms with Crippen molar-refractivity contribution in [2.24, 2.45) is 0 Å². The Bertz CT molecular complexity index is 155. The molecule has 0 aromatic heterocycles. The van der Waals surface area contributed by atoms with Crippen LogP contribution in [0.25, 0.3) is 0 Å². The highest BCUT2D eigenvalue weighted by Crippen LogP contribution is 2.38. The van der Waals surface area contributed by atoms with Crippen LogP contribution in [0.2, 0.25) is 0 Å². The topological polar surface area (TPSA) is 21.3 Å². The number of nitrogens with one attached hydrogen (secondary N) is 1. The van der Waals surface area contributed by atoms with Crippen molar-refractivity contribution in [3.8, 4) is 0 Å². The molecule has 0 radical (unpaired) electrons. The zero-order chi connectivity index (χ0) is 11.0. The smallest absolute Gasteiger partial charge is 0.0694 e. The maximum atomic E-state index is 6.07. The maximum absolute atomic E-state index is 6.07. The van der Waals surface area contributed by atoms with E-state index in [4.69, 9.17) is 4.74 Å². The second kappa shape index (κ2) is 7.24. The third-order valence-corrected chi connectivity index (χ3v) is 3.50. The van der Waals surface area contributed by atoms with Gasteiger partial charge in [0.2, 0.25) is 0 Å². The Morgan fingerprint density at radius 2 is 2.00 bits per heavy atom. The van der Waals surface area contributed by atoms with Crippen molar-refractivity contribution in [2.75, 3.05) is 20.2 Å². The van der Waals surface area contributed by atoms with Crippen LogP contribution in [0, 0.1) is 0 Å². The molecule has 0 spiro atoms. The molecule has 0 heterocycles. The monoisotopic (exact) mass is 213 g/mol. The van der Waals surface area contributed by atoms with Gasteiger partial charge in [-0.15, -0.1) is 0 Å². The molecule has 0 aromatic rings. The van der Waals surface area contributed by atoms with Gasteiger partial charge >= 0.3 is 0 Å². The molecule has 1 saturated carbocycles. The SMILES string of the molecule is CCCCCCOC1(CCNC)CCC1. The molecule has 1 rings (SSSR count). The summed E-state index contributed by atoms with van der Waals surface area (Å²) >= 11 is 0. The number of unbranched alkanes of at least 4 members (excludes halogenated alkanes) is 3. The van der Waals surface area contributed by atoms with Gasteiger partial charge < -0.3 is 10.1 Å². The molecule has 15 heavy (non-hydrogen) atoms. The van der Waals surface area contributed by atoms with Crippen LogP contribution in [0.5, 0.6) is 0 Å². The van der Waals surface area contributed by atoms with E-state index in [9.17, 15) is 0 Å². The van der Waals surface area contributed by atoms with E-state index in [1.165, 1.54) is 51.4 Å². The quantitative estimate of drug-likeness (QED) is 0.594. The van der Waals surface area contributed by atoms with Crippen LogP contribution in [0.4, 0.5) is 0 Å². The molecule has 1 aliphatic rings. The number of ether oxygens (including phenoxy) is 1. The summed E-state index contributed by atoms with van der Waals surface area (Å²) in [6, 6.07) is 0. The Kier molecular flexibility index (Phi) is 6.26. The van der Waals surface area contributed by atoms with Crippen molar-refractivity contribution in [1.29, 1.82) is 0 Å². The normalized spacial score (nSPS) is 18.8. The fourth-order valence-corrected chi connectivity index (χ4v) is 2.21. The summed E-state index contributed by atoms with van der Waals surface area (Å²) in [5.41, 5.74) is 0.259. The standard InChI is InChI=1S/C13H27NO/c1-3-4-5-6-12-15-13(8-7-9-13)10-11-14-2/h14H,3-12H2,1-2H3. The molecular weight excluding hydrogens is 186 g/mol. The average Bonchev–Trinajstić information content (AvgIpc) is 2.20. The summed E-state index contributed by atoms with van der Waals surface area (Å²) in [5, 5.41) is 3.22. The first-order valence-corrected chi connectivity index (χ1v) is 6.61. The second-order valence-electron chi connectivity index (χ2n) is 4.80. The lowest BCUT2D eigenvalue weighted by Crippen LogP contribution is -2.42. The maximum Gasteiger partial charge on any atom is 0.0694 e. The molecule has 0 aliphatic heterocycles. The number of rotatable bonds is 9. The van der Waals surface area contributed by atoms with Gasteiger partial charge in [0.05, 0.1) is 5.60 Å². The molecule has 1 fully saturated rings. The van der Waals surface area contributed by atoms with E-state index in [-0.39, 0.29) is 5.60 Å². The lowest BCUT2D eigenvalue weighted by Gasteiger charge is -2.42. The van der Waals surface area contributed by atoms with Crippen LogP contribution in [-0.2, 0) is 4.74 Å². The van der Waals surface area contributed by atoms with E-state index >= 15 is 0 Å². The van der Waals surface area contributed by atoms with E-state index in [1.807, 2.05) is 7.05 Å². The molecule has 2 heteroatoms. The lowest BCUT2D eigenvalue weighted by molar-refractivity contribution is -0.105. The van der Waals surface area contributed by atoms with Gasteiger partial charge in [0.1, 0.15) is 0 Å². The molecule has 1 N–H and O–H groups in total. The van der Waals surface area contributed by atoms with Crippen molar-refractivity contribution in [1.82, 2.24) is 5.32 Å². The predicted molar refractivity (Wildman–Crippen MR) is 65.2 cm³/mol. The highest BCUT2D eigenvalue weighted by Gasteiger charge is 2.36. The van der Waals surface area contributed by atoms with Crippen molar-refractivity contribution < 1.29 is 4.74 Å². The van der Waals surface area contributed by atoms with Gasteiger partial charge in [-0.1, -0.05) is 26.2 Å². The third kappa shape index (κ3) is 4.52. The van der Waals surface area contributed by atoms with Crippen molar-refractivity contribution in [3.63, 3.8) is 0 Å². The Hall–Kier alpha value is -0.0800. The summed E-state index contributed by atoms with van der Waals surface area (Å²) in [4.78, 5) is 0. The fourth-order valence-electron chi connectivity index (χ4n) is 2.21. The zero-order valence-electron chi connectivity index (χ0n) is 10.5. The van der Waals surface area contributed by atoms with E-state index < -0.39 is 0 Å². The van der Waals surface area contributed by atoms with Gasteiger partial charge in [-0.3, -0.25) is 0 Å². The minimum atomic E-state index is 0.259. The molecule has 1 aliphatic carbocycles. The van der Waals surface area contributed by atoms with Gasteiger partial charge in [0, 0.05) is 6.61 Å². The number of hydrogen-bond acceptors (Lipinski definition) is 2. The van der Waals surface area contributed by atoms with Crippen molar-refractivity contribution >= 4 is 0 Å². The van der Waals surface area contributed by atoms with Crippen molar-refractivity contribution in [2.45, 2.75) is 63.9 Å². The Morgan fingerprint density at radius 1 is 1.20 bits per heavy atom. The van der Waals surface area contributed by atoms with Gasteiger partial charge in [0.15, 0.2) is 0 Å². The molecule has 0 atom stereocenters. The summed E-state index contributed by atoms with van der Waals surface area (Å²) in [6.07, 6.45) is 10.4. The summed E-state index contributed by atoms with van der Waals surface area (Å²) in [7, 11) is 2.02. The zero-order valence-corrected chi connectivity index (χ0v) is 10.5. The van der Waals surface area contributed by atoms with Crippen LogP contribution >= 0.6 is 0 Å². The van der Waals surface area contributed by atoms with Gasteiger partial charge in [-0.2, -0.15) is 0 Å². The molecule has 2 nitrogen and oxygen atoms in total. The summed E-state index contributed by atoms with van der Waals surface area (Å²) in [5.74, 6) is 0. The minimum Gasteiger partial charge on any atom is -0.375 e. The average molecular weight is 213 g/mol. The summed E-state index contributed by atoms with van der Waals surface area (Å²) in [6.45, 7) is 4.32. The summed E-state index contributed by atoms with van der Waals surface area (Å²) < 4.78 is 6.07. The van der Waals surface area contributed by atoms with Crippen LogP contribution in [0.3, 0.4) is 0 Å².